The van der Waals surface area contributed by atoms with Gasteiger partial charge in [0.1, 0.15) is 5.76 Å². The largest absolute Gasteiger partial charge is 0.508 e. The number of nitrogens with one attached hydrogen (secondary N) is 3. The number of unbranched alkanes of at least 4 members (excludes halogenated alkanes) is 5. The van der Waals surface area contributed by atoms with Crippen LogP contribution in [0.4, 0.5) is 17.2 Å². The number of aliphatic hydroxyl groups excluding tert-OH is 1. The van der Waals surface area contributed by atoms with Crippen LogP contribution in [0.2, 0.25) is 0 Å². The Morgan fingerprint density at radius 1 is 0.949 bits per heavy atom. The normalized spacial score (nSPS) is 15.6. The number of rotatable bonds is 19. The molecule has 14 nitrogen and oxygen atoms in total. The number of piperazine rings is 1. The SMILES string of the molecule is C/C=C(\C(O)=C/C)c1cc(N2CCN(CCNC(=O)CCCCCCCCNc3cccc(C(C)=O)c3C=O)CC2)c(N)nn1.CC.CC.CCC1CCC(=O)NC1=O. The van der Waals surface area contributed by atoms with Gasteiger partial charge in [-0.25, -0.2) is 0 Å². The summed E-state index contributed by atoms with van der Waals surface area (Å²) in [6.45, 7) is 20.5. The van der Waals surface area contributed by atoms with Gasteiger partial charge in [-0.15, -0.1) is 10.2 Å². The predicted octanol–water partition coefficient (Wildman–Crippen LogP) is 7.52. The molecule has 2 aliphatic rings. The minimum Gasteiger partial charge on any atom is -0.508 e. The summed E-state index contributed by atoms with van der Waals surface area (Å²) < 4.78 is 0. The van der Waals surface area contributed by atoms with Gasteiger partial charge in [0, 0.05) is 87.0 Å². The summed E-state index contributed by atoms with van der Waals surface area (Å²) in [7, 11) is 0. The average molecular weight is 821 g/mol. The van der Waals surface area contributed by atoms with E-state index in [1.165, 1.54) is 6.92 Å². The van der Waals surface area contributed by atoms with Crippen LogP contribution in [0.25, 0.3) is 5.57 Å². The maximum absolute atomic E-state index is 12.3. The maximum Gasteiger partial charge on any atom is 0.229 e. The fraction of sp³-hybridized carbons (Fsp3) is 0.578. The predicted molar refractivity (Wildman–Crippen MR) is 240 cm³/mol. The molecule has 6 N–H and O–H groups in total. The first-order valence-corrected chi connectivity index (χ1v) is 21.6. The summed E-state index contributed by atoms with van der Waals surface area (Å²) in [5, 5.41) is 27.1. The monoisotopic (exact) mass is 821 g/mol. The average Bonchev–Trinajstić information content (AvgIpc) is 3.25. The van der Waals surface area contributed by atoms with Crippen LogP contribution in [0.15, 0.2) is 42.2 Å². The van der Waals surface area contributed by atoms with Gasteiger partial charge in [-0.2, -0.15) is 0 Å². The topological polar surface area (TPSA) is 200 Å². The second-order valence-corrected chi connectivity index (χ2v) is 13.9. The minimum absolute atomic E-state index is 0.0673. The molecule has 1 aromatic heterocycles. The molecule has 0 radical (unpaired) electrons. The zero-order valence-corrected chi connectivity index (χ0v) is 37.0. The van der Waals surface area contributed by atoms with Crippen molar-refractivity contribution in [3.05, 3.63) is 59.0 Å². The molecule has 0 bridgehead atoms. The molecule has 59 heavy (non-hydrogen) atoms. The third-order valence-corrected chi connectivity index (χ3v) is 9.97. The molecular formula is C45H72N8O6. The highest BCUT2D eigenvalue weighted by Gasteiger charge is 2.24. The van der Waals surface area contributed by atoms with Crippen LogP contribution in [0.1, 0.15) is 146 Å². The van der Waals surface area contributed by atoms with Crippen molar-refractivity contribution >= 4 is 52.6 Å². The number of ketones is 1. The molecule has 0 aliphatic carbocycles. The number of carbonyl (C=O) groups is 5. The Labute approximate surface area is 352 Å². The van der Waals surface area contributed by atoms with Crippen molar-refractivity contribution in [2.24, 2.45) is 5.92 Å². The van der Waals surface area contributed by atoms with E-state index in [0.717, 1.165) is 103 Å². The van der Waals surface area contributed by atoms with Crippen LogP contribution in [-0.2, 0) is 14.4 Å². The number of carbonyl (C=O) groups excluding carboxylic acids is 5. The van der Waals surface area contributed by atoms with Gasteiger partial charge in [0.05, 0.1) is 11.4 Å². The van der Waals surface area contributed by atoms with E-state index in [4.69, 9.17) is 5.73 Å². The lowest BCUT2D eigenvalue weighted by molar-refractivity contribution is -0.136. The molecule has 0 spiro atoms. The fourth-order valence-electron chi connectivity index (χ4n) is 6.63. The third kappa shape index (κ3) is 18.1. The number of allylic oxidation sites excluding steroid dienone is 3. The van der Waals surface area contributed by atoms with E-state index in [9.17, 15) is 29.1 Å². The smallest absolute Gasteiger partial charge is 0.229 e. The number of benzene rings is 1. The van der Waals surface area contributed by atoms with E-state index in [1.807, 2.05) is 53.7 Å². The first-order chi connectivity index (χ1) is 28.5. The van der Waals surface area contributed by atoms with Gasteiger partial charge in [-0.1, -0.05) is 78.5 Å². The van der Waals surface area contributed by atoms with Crippen molar-refractivity contribution in [3.63, 3.8) is 0 Å². The lowest BCUT2D eigenvalue weighted by atomic mass is 9.96. The molecule has 2 aromatic rings. The summed E-state index contributed by atoms with van der Waals surface area (Å²) in [4.78, 5) is 61.5. The summed E-state index contributed by atoms with van der Waals surface area (Å²) in [6.07, 6.45) is 12.9. The summed E-state index contributed by atoms with van der Waals surface area (Å²) in [6, 6.07) is 7.18. The van der Waals surface area contributed by atoms with E-state index >= 15 is 0 Å². The molecule has 3 heterocycles. The minimum atomic E-state index is -0.130. The molecule has 1 atom stereocenters. The van der Waals surface area contributed by atoms with Gasteiger partial charge < -0.3 is 26.4 Å². The van der Waals surface area contributed by atoms with Crippen molar-refractivity contribution in [1.82, 2.24) is 25.7 Å². The van der Waals surface area contributed by atoms with E-state index in [0.29, 0.717) is 53.3 Å². The fourth-order valence-corrected chi connectivity index (χ4v) is 6.63. The zero-order valence-electron chi connectivity index (χ0n) is 37.0. The molecule has 1 aromatic carbocycles. The number of aromatic nitrogens is 2. The third-order valence-electron chi connectivity index (χ3n) is 9.97. The Hall–Kier alpha value is -5.11. The number of hydrogen-bond donors (Lipinski definition) is 5. The van der Waals surface area contributed by atoms with Crippen molar-refractivity contribution in [2.75, 3.05) is 61.8 Å². The summed E-state index contributed by atoms with van der Waals surface area (Å²) in [5.41, 5.74) is 9.75. The first-order valence-electron chi connectivity index (χ1n) is 21.6. The Morgan fingerprint density at radius 2 is 1.61 bits per heavy atom. The second kappa shape index (κ2) is 30.0. The maximum atomic E-state index is 12.3. The zero-order chi connectivity index (χ0) is 44.2. The lowest BCUT2D eigenvalue weighted by Gasteiger charge is -2.36. The number of amides is 3. The molecule has 328 valence electrons. The van der Waals surface area contributed by atoms with Crippen molar-refractivity contribution in [2.45, 2.75) is 120 Å². The van der Waals surface area contributed by atoms with Crippen LogP contribution >= 0.6 is 0 Å². The van der Waals surface area contributed by atoms with Crippen LogP contribution < -0.4 is 26.6 Å². The van der Waals surface area contributed by atoms with E-state index < -0.39 is 0 Å². The number of imide groups is 1. The van der Waals surface area contributed by atoms with Gasteiger partial charge in [-0.05, 0) is 64.7 Å². The molecule has 2 fully saturated rings. The van der Waals surface area contributed by atoms with Gasteiger partial charge >= 0.3 is 0 Å². The second-order valence-electron chi connectivity index (χ2n) is 13.9. The molecule has 4 rings (SSSR count). The highest BCUT2D eigenvalue weighted by molar-refractivity contribution is 6.04. The van der Waals surface area contributed by atoms with Gasteiger partial charge in [-0.3, -0.25) is 34.2 Å². The van der Waals surface area contributed by atoms with Crippen molar-refractivity contribution in [1.29, 1.82) is 0 Å². The number of hydrogen-bond acceptors (Lipinski definition) is 12. The van der Waals surface area contributed by atoms with Crippen LogP contribution in [0.5, 0.6) is 0 Å². The summed E-state index contributed by atoms with van der Waals surface area (Å²) >= 11 is 0. The van der Waals surface area contributed by atoms with E-state index in [1.54, 1.807) is 31.2 Å². The van der Waals surface area contributed by atoms with Gasteiger partial charge in [0.2, 0.25) is 17.7 Å². The van der Waals surface area contributed by atoms with Gasteiger partial charge in [0.15, 0.2) is 17.9 Å². The first kappa shape index (κ1) is 51.9. The quantitative estimate of drug-likeness (QED) is 0.0234. The van der Waals surface area contributed by atoms with Crippen molar-refractivity contribution < 1.29 is 29.1 Å². The molecule has 1 unspecified atom stereocenters. The number of Topliss-reactive ketones (excluding diaryl/α,β-unsaturated/α-hetero) is 1. The molecule has 2 saturated heterocycles. The molecule has 0 saturated carbocycles. The molecule has 2 aliphatic heterocycles. The van der Waals surface area contributed by atoms with Crippen LogP contribution in [0.3, 0.4) is 0 Å². The Balaban J connectivity index is 0.00000106. The number of aliphatic hydroxyl groups is 1. The van der Waals surface area contributed by atoms with Crippen LogP contribution in [0, 0.1) is 5.92 Å². The van der Waals surface area contributed by atoms with E-state index in [-0.39, 0.29) is 35.2 Å². The highest BCUT2D eigenvalue weighted by atomic mass is 16.3. The molecule has 3 amide bonds. The number of aldehydes is 1. The van der Waals surface area contributed by atoms with E-state index in [2.05, 4.69) is 35.9 Å². The summed E-state index contributed by atoms with van der Waals surface area (Å²) in [5.74, 6) is 0.349. The number of anilines is 3. The van der Waals surface area contributed by atoms with Gasteiger partial charge in [0.25, 0.3) is 0 Å². The van der Waals surface area contributed by atoms with Crippen LogP contribution in [-0.4, -0.2) is 95.8 Å². The number of nitrogens with two attached hydrogens (primary N) is 1. The number of nitrogen functional groups attached to an aromatic ring is 1. The Morgan fingerprint density at radius 3 is 2.20 bits per heavy atom. The molecule has 14 heteroatoms. The Kier molecular flexibility index (Phi) is 26.4. The highest BCUT2D eigenvalue weighted by Crippen LogP contribution is 2.28. The number of piperidine rings is 1. The molecular weight excluding hydrogens is 749 g/mol. The Bertz CT molecular complexity index is 1670. The lowest BCUT2D eigenvalue weighted by Crippen LogP contribution is -2.48. The number of nitrogens with zero attached hydrogens (tertiary/aromatic N) is 4. The van der Waals surface area contributed by atoms with Crippen molar-refractivity contribution in [3.8, 4) is 0 Å². The standard InChI is InChI=1S/C34H49N7O4.C7H11NO2.2C2H6/c1-4-26(32(44)5-2)30-23-31(34(35)39-38-30)41-21-19-40(20-22-41)18-17-37-33(45)15-10-8-6-7-9-11-16-36-29-14-12-13-27(25(3)43)28(29)24-42;1-2-5-3-4-6(9)8-7(5)10;2*1-2/h4-5,12-14,23-24,36,44H,6-11,15-22H2,1-3H3,(H2,35,39)(H,37,45);5H,2-4H2,1H3,(H,8,9,10);2*1-2H3/b26-4-,32-5+;;;.